The van der Waals surface area contributed by atoms with Gasteiger partial charge >= 0.3 is 6.03 Å². The van der Waals surface area contributed by atoms with Crippen molar-refractivity contribution in [2.45, 2.75) is 33.2 Å². The van der Waals surface area contributed by atoms with E-state index >= 15 is 0 Å². The number of urea groups is 1. The Morgan fingerprint density at radius 1 is 1.35 bits per heavy atom. The summed E-state index contributed by atoms with van der Waals surface area (Å²) in [6.07, 6.45) is 0.887. The predicted octanol–water partition coefficient (Wildman–Crippen LogP) is 2.94. The van der Waals surface area contributed by atoms with Crippen LogP contribution in [0.4, 0.5) is 10.5 Å². The zero-order valence-corrected chi connectivity index (χ0v) is 12.7. The molecular weight excluding hydrogens is 256 g/mol. The zero-order chi connectivity index (χ0) is 15.0. The number of hydrogen-bond donors (Lipinski definition) is 2. The van der Waals surface area contributed by atoms with E-state index in [-0.39, 0.29) is 12.1 Å². The fraction of sp³-hybridized carbons (Fsp3) is 0.533. The molecule has 0 bridgehead atoms. The van der Waals surface area contributed by atoms with E-state index in [4.69, 9.17) is 9.47 Å². The normalized spacial score (nSPS) is 11.8. The van der Waals surface area contributed by atoms with Gasteiger partial charge in [-0.25, -0.2) is 4.79 Å². The topological polar surface area (TPSA) is 59.6 Å². The fourth-order valence-corrected chi connectivity index (χ4v) is 1.57. The maximum absolute atomic E-state index is 11.8. The van der Waals surface area contributed by atoms with Gasteiger partial charge in [-0.3, -0.25) is 0 Å². The molecule has 0 heterocycles. The van der Waals surface area contributed by atoms with E-state index in [1.54, 1.807) is 7.11 Å². The first kappa shape index (κ1) is 16.3. The van der Waals surface area contributed by atoms with E-state index in [1.165, 1.54) is 0 Å². The average Bonchev–Trinajstić information content (AvgIpc) is 2.41. The third-order valence-electron chi connectivity index (χ3n) is 2.92. The van der Waals surface area contributed by atoms with Gasteiger partial charge in [-0.2, -0.15) is 0 Å². The minimum absolute atomic E-state index is 0.137. The van der Waals surface area contributed by atoms with Gasteiger partial charge < -0.3 is 20.1 Å². The highest BCUT2D eigenvalue weighted by Crippen LogP contribution is 2.25. The summed E-state index contributed by atoms with van der Waals surface area (Å²) in [7, 11) is 1.62. The van der Waals surface area contributed by atoms with Crippen LogP contribution in [0.15, 0.2) is 18.2 Å². The minimum atomic E-state index is -0.222. The second-order valence-electron chi connectivity index (χ2n) is 4.75. The first-order chi connectivity index (χ1) is 9.56. The molecule has 0 aromatic heterocycles. The summed E-state index contributed by atoms with van der Waals surface area (Å²) < 4.78 is 10.6. The lowest BCUT2D eigenvalue weighted by Gasteiger charge is -2.16. The van der Waals surface area contributed by atoms with Crippen molar-refractivity contribution in [2.75, 3.05) is 25.6 Å². The van der Waals surface area contributed by atoms with Crippen molar-refractivity contribution in [3.05, 3.63) is 23.8 Å². The smallest absolute Gasteiger partial charge is 0.319 e. The minimum Gasteiger partial charge on any atom is -0.489 e. The molecule has 0 radical (unpaired) electrons. The van der Waals surface area contributed by atoms with Gasteiger partial charge in [0, 0.05) is 13.2 Å². The Labute approximate surface area is 120 Å². The van der Waals surface area contributed by atoms with E-state index in [0.717, 1.165) is 12.0 Å². The number of anilines is 1. The highest BCUT2D eigenvalue weighted by Gasteiger charge is 2.10. The number of nitrogens with one attached hydrogen (secondary N) is 2. The molecule has 0 aliphatic carbocycles. The molecule has 20 heavy (non-hydrogen) atoms. The molecule has 2 amide bonds. The van der Waals surface area contributed by atoms with Crippen LogP contribution in [0.1, 0.15) is 25.8 Å². The first-order valence-electron chi connectivity index (χ1n) is 6.86. The summed E-state index contributed by atoms with van der Waals surface area (Å²) in [6, 6.07) is 5.59. The van der Waals surface area contributed by atoms with Gasteiger partial charge in [-0.05, 0) is 38.0 Å². The van der Waals surface area contributed by atoms with Gasteiger partial charge in [-0.1, -0.05) is 13.0 Å². The molecule has 0 aliphatic rings. The molecule has 0 spiro atoms. The molecule has 2 N–H and O–H groups in total. The summed E-state index contributed by atoms with van der Waals surface area (Å²) in [5, 5.41) is 5.67. The van der Waals surface area contributed by atoms with Crippen LogP contribution in [0, 0.1) is 6.92 Å². The van der Waals surface area contributed by atoms with Gasteiger partial charge in [0.25, 0.3) is 0 Å². The Morgan fingerprint density at radius 2 is 2.10 bits per heavy atom. The van der Waals surface area contributed by atoms with Crippen LogP contribution >= 0.6 is 0 Å². The number of benzene rings is 1. The lowest BCUT2D eigenvalue weighted by Crippen LogP contribution is -2.35. The van der Waals surface area contributed by atoms with E-state index in [0.29, 0.717) is 24.7 Å². The van der Waals surface area contributed by atoms with Crippen LogP contribution in [0.25, 0.3) is 0 Å². The number of methoxy groups -OCH3 is 1. The number of aryl methyl sites for hydroxylation is 1. The summed E-state index contributed by atoms with van der Waals surface area (Å²) in [5.74, 6) is 0.654. The zero-order valence-electron chi connectivity index (χ0n) is 12.7. The van der Waals surface area contributed by atoms with E-state index in [2.05, 4.69) is 10.6 Å². The fourth-order valence-electron chi connectivity index (χ4n) is 1.57. The Morgan fingerprint density at radius 3 is 2.75 bits per heavy atom. The van der Waals surface area contributed by atoms with Crippen LogP contribution in [0.3, 0.4) is 0 Å². The quantitative estimate of drug-likeness (QED) is 0.755. The lowest BCUT2D eigenvalue weighted by molar-refractivity contribution is 0.146. The van der Waals surface area contributed by atoms with Crippen molar-refractivity contribution in [3.63, 3.8) is 0 Å². The standard InChI is InChI=1S/C15H24N2O3/c1-5-12(3)16-15(18)17-13-7-6-11(2)10-14(13)20-9-8-19-4/h6-7,10,12H,5,8-9H2,1-4H3,(H2,16,17,18). The van der Waals surface area contributed by atoms with Gasteiger partial charge in [0.1, 0.15) is 12.4 Å². The summed E-state index contributed by atoms with van der Waals surface area (Å²) >= 11 is 0. The Bertz CT molecular complexity index is 435. The molecule has 0 aliphatic heterocycles. The van der Waals surface area contributed by atoms with Crippen molar-refractivity contribution in [3.8, 4) is 5.75 Å². The molecule has 1 atom stereocenters. The van der Waals surface area contributed by atoms with Crippen molar-refractivity contribution in [1.82, 2.24) is 5.32 Å². The average molecular weight is 280 g/mol. The second kappa shape index (κ2) is 8.43. The summed E-state index contributed by atoms with van der Waals surface area (Å²) in [6.45, 7) is 6.92. The number of amides is 2. The van der Waals surface area contributed by atoms with Crippen LogP contribution in [0.2, 0.25) is 0 Å². The first-order valence-corrected chi connectivity index (χ1v) is 6.86. The highest BCUT2D eigenvalue weighted by molar-refractivity contribution is 5.91. The van der Waals surface area contributed by atoms with Crippen molar-refractivity contribution < 1.29 is 14.3 Å². The summed E-state index contributed by atoms with van der Waals surface area (Å²) in [4.78, 5) is 11.8. The van der Waals surface area contributed by atoms with Crippen LogP contribution < -0.4 is 15.4 Å². The molecule has 112 valence electrons. The van der Waals surface area contributed by atoms with E-state index in [1.807, 2.05) is 39.0 Å². The monoisotopic (exact) mass is 280 g/mol. The molecular formula is C15H24N2O3. The number of carbonyl (C=O) groups is 1. The highest BCUT2D eigenvalue weighted by atomic mass is 16.5. The Kier molecular flexibility index (Phi) is 6.87. The molecule has 5 nitrogen and oxygen atoms in total. The Hall–Kier alpha value is -1.75. The SMILES string of the molecule is CCC(C)NC(=O)Nc1ccc(C)cc1OCCOC. The van der Waals surface area contributed by atoms with Crippen molar-refractivity contribution in [1.29, 1.82) is 0 Å². The predicted molar refractivity (Wildman–Crippen MR) is 80.5 cm³/mol. The molecule has 0 saturated carbocycles. The van der Waals surface area contributed by atoms with Crippen LogP contribution in [-0.2, 0) is 4.74 Å². The summed E-state index contributed by atoms with van der Waals surface area (Å²) in [5.41, 5.74) is 1.73. The van der Waals surface area contributed by atoms with E-state index in [9.17, 15) is 4.79 Å². The molecule has 1 aromatic rings. The van der Waals surface area contributed by atoms with Crippen LogP contribution in [0.5, 0.6) is 5.75 Å². The largest absolute Gasteiger partial charge is 0.489 e. The van der Waals surface area contributed by atoms with Crippen LogP contribution in [-0.4, -0.2) is 32.4 Å². The van der Waals surface area contributed by atoms with Gasteiger partial charge in [0.2, 0.25) is 0 Å². The second-order valence-corrected chi connectivity index (χ2v) is 4.75. The number of rotatable bonds is 7. The third-order valence-corrected chi connectivity index (χ3v) is 2.92. The van der Waals surface area contributed by atoms with E-state index < -0.39 is 0 Å². The Balaban J connectivity index is 2.70. The lowest BCUT2D eigenvalue weighted by atomic mass is 10.2. The molecule has 5 heteroatoms. The third kappa shape index (κ3) is 5.48. The molecule has 1 unspecified atom stereocenters. The maximum atomic E-state index is 11.8. The number of carbonyl (C=O) groups excluding carboxylic acids is 1. The molecule has 1 rings (SSSR count). The maximum Gasteiger partial charge on any atom is 0.319 e. The molecule has 0 fully saturated rings. The number of ether oxygens (including phenoxy) is 2. The van der Waals surface area contributed by atoms with Crippen molar-refractivity contribution in [2.24, 2.45) is 0 Å². The van der Waals surface area contributed by atoms with Crippen molar-refractivity contribution >= 4 is 11.7 Å². The van der Waals surface area contributed by atoms with Gasteiger partial charge in [0.05, 0.1) is 12.3 Å². The molecule has 1 aromatic carbocycles. The van der Waals surface area contributed by atoms with Gasteiger partial charge in [0.15, 0.2) is 0 Å². The number of hydrogen-bond acceptors (Lipinski definition) is 3. The molecule has 0 saturated heterocycles. The van der Waals surface area contributed by atoms with Gasteiger partial charge in [-0.15, -0.1) is 0 Å².